The molecule has 1 aliphatic heterocycles. The van der Waals surface area contributed by atoms with Crippen molar-refractivity contribution in [2.75, 3.05) is 16.8 Å². The van der Waals surface area contributed by atoms with Crippen molar-refractivity contribution in [2.24, 2.45) is 5.92 Å². The van der Waals surface area contributed by atoms with Crippen LogP contribution in [0.4, 0.5) is 11.4 Å². The third-order valence-corrected chi connectivity index (χ3v) is 5.36. The van der Waals surface area contributed by atoms with Gasteiger partial charge in [0, 0.05) is 33.3 Å². The number of rotatable bonds is 4. The van der Waals surface area contributed by atoms with E-state index in [9.17, 15) is 9.59 Å². The summed E-state index contributed by atoms with van der Waals surface area (Å²) in [6.07, 6.45) is 1.06. The van der Waals surface area contributed by atoms with Crippen molar-refractivity contribution >= 4 is 55.0 Å². The molecule has 4 nitrogen and oxygen atoms in total. The summed E-state index contributed by atoms with van der Waals surface area (Å²) in [7, 11) is 0. The number of hydrogen-bond acceptors (Lipinski definition) is 2. The van der Waals surface area contributed by atoms with Crippen LogP contribution >= 0.6 is 31.9 Å². The predicted octanol–water partition coefficient (Wildman–Crippen LogP) is 4.77. The molecular formula is C19H18Br2N2O2. The van der Waals surface area contributed by atoms with Crippen LogP contribution < -0.4 is 10.2 Å². The Bertz CT molecular complexity index is 806. The Morgan fingerprint density at radius 2 is 1.84 bits per heavy atom. The Hall–Kier alpha value is -1.66. The summed E-state index contributed by atoms with van der Waals surface area (Å²) in [5, 5.41) is 2.99. The topological polar surface area (TPSA) is 49.4 Å². The minimum atomic E-state index is -0.343. The van der Waals surface area contributed by atoms with Crippen molar-refractivity contribution in [3.63, 3.8) is 0 Å². The van der Waals surface area contributed by atoms with Crippen LogP contribution in [-0.4, -0.2) is 18.4 Å². The van der Waals surface area contributed by atoms with Crippen LogP contribution in [0.1, 0.15) is 18.9 Å². The van der Waals surface area contributed by atoms with Crippen molar-refractivity contribution in [3.8, 4) is 0 Å². The Labute approximate surface area is 163 Å². The number of aryl methyl sites for hydroxylation is 1. The summed E-state index contributed by atoms with van der Waals surface area (Å²) >= 11 is 6.84. The lowest BCUT2D eigenvalue weighted by Gasteiger charge is -2.17. The smallest absolute Gasteiger partial charge is 0.229 e. The van der Waals surface area contributed by atoms with Gasteiger partial charge in [0.05, 0.1) is 5.92 Å². The first-order valence-electron chi connectivity index (χ1n) is 8.13. The normalized spacial score (nSPS) is 17.0. The number of carbonyl (C=O) groups is 2. The summed E-state index contributed by atoms with van der Waals surface area (Å²) in [5.74, 6) is -0.469. The molecule has 3 rings (SSSR count). The molecule has 0 aromatic heterocycles. The quantitative estimate of drug-likeness (QED) is 0.707. The zero-order valence-electron chi connectivity index (χ0n) is 13.8. The van der Waals surface area contributed by atoms with Crippen molar-refractivity contribution in [3.05, 3.63) is 57.0 Å². The highest BCUT2D eigenvalue weighted by Gasteiger charge is 2.35. The van der Waals surface area contributed by atoms with Gasteiger partial charge >= 0.3 is 0 Å². The molecule has 0 unspecified atom stereocenters. The molecule has 0 spiro atoms. The highest BCUT2D eigenvalue weighted by Crippen LogP contribution is 2.28. The monoisotopic (exact) mass is 464 g/mol. The first kappa shape index (κ1) is 18.1. The molecule has 1 aliphatic rings. The van der Waals surface area contributed by atoms with Crippen molar-refractivity contribution in [1.29, 1.82) is 0 Å². The molecule has 2 aromatic carbocycles. The fraction of sp³-hybridized carbons (Fsp3) is 0.263. The average Bonchev–Trinajstić information content (AvgIpc) is 2.99. The summed E-state index contributed by atoms with van der Waals surface area (Å²) < 4.78 is 1.94. The van der Waals surface area contributed by atoms with Crippen LogP contribution in [0.5, 0.6) is 0 Å². The van der Waals surface area contributed by atoms with Crippen LogP contribution in [0, 0.1) is 5.92 Å². The number of carbonyl (C=O) groups excluding carboxylic acids is 2. The van der Waals surface area contributed by atoms with Crippen molar-refractivity contribution < 1.29 is 9.59 Å². The number of nitrogens with zero attached hydrogens (tertiary/aromatic N) is 1. The molecule has 1 heterocycles. The van der Waals surface area contributed by atoms with Gasteiger partial charge in [-0.1, -0.05) is 38.8 Å². The molecule has 0 aliphatic carbocycles. The fourth-order valence-corrected chi connectivity index (χ4v) is 3.64. The lowest BCUT2D eigenvalue weighted by atomic mass is 10.1. The zero-order valence-corrected chi connectivity index (χ0v) is 16.9. The predicted molar refractivity (Wildman–Crippen MR) is 107 cm³/mol. The summed E-state index contributed by atoms with van der Waals surface area (Å²) in [4.78, 5) is 26.6. The van der Waals surface area contributed by atoms with Gasteiger partial charge in [0.15, 0.2) is 0 Å². The van der Waals surface area contributed by atoms with Crippen molar-refractivity contribution in [2.45, 2.75) is 19.8 Å². The van der Waals surface area contributed by atoms with Crippen molar-refractivity contribution in [1.82, 2.24) is 0 Å². The first-order valence-corrected chi connectivity index (χ1v) is 9.71. The third kappa shape index (κ3) is 4.12. The minimum Gasteiger partial charge on any atom is -0.326 e. The molecular weight excluding hydrogens is 448 g/mol. The van der Waals surface area contributed by atoms with E-state index in [-0.39, 0.29) is 24.2 Å². The largest absolute Gasteiger partial charge is 0.326 e. The summed E-state index contributed by atoms with van der Waals surface area (Å²) in [5.41, 5.74) is 2.70. The lowest BCUT2D eigenvalue weighted by molar-refractivity contribution is -0.122. The molecule has 1 fully saturated rings. The second-order valence-corrected chi connectivity index (χ2v) is 7.86. The SMILES string of the molecule is CCc1cc(Br)ccc1NC(=O)[C@@H]1CC(=O)N(c2ccc(Br)cc2)C1. The molecule has 0 bridgehead atoms. The molecule has 2 amide bonds. The maximum Gasteiger partial charge on any atom is 0.229 e. The molecule has 0 radical (unpaired) electrons. The van der Waals surface area contributed by atoms with E-state index in [1.54, 1.807) is 4.90 Å². The Morgan fingerprint density at radius 3 is 2.52 bits per heavy atom. The number of benzene rings is 2. The highest BCUT2D eigenvalue weighted by molar-refractivity contribution is 9.10. The Morgan fingerprint density at radius 1 is 1.16 bits per heavy atom. The molecule has 25 heavy (non-hydrogen) atoms. The molecule has 130 valence electrons. The fourth-order valence-electron chi connectivity index (χ4n) is 2.97. The van der Waals surface area contributed by atoms with Gasteiger partial charge in [0.2, 0.25) is 11.8 Å². The Balaban J connectivity index is 1.72. The molecule has 6 heteroatoms. The average molecular weight is 466 g/mol. The second kappa shape index (κ2) is 7.70. The van der Waals surface area contributed by atoms with Gasteiger partial charge < -0.3 is 10.2 Å². The summed E-state index contributed by atoms with van der Waals surface area (Å²) in [6, 6.07) is 13.4. The number of hydrogen-bond donors (Lipinski definition) is 1. The van der Waals surface area contributed by atoms with Crippen LogP contribution in [0.3, 0.4) is 0 Å². The van der Waals surface area contributed by atoms with E-state index in [2.05, 4.69) is 37.2 Å². The van der Waals surface area contributed by atoms with Gasteiger partial charge in [-0.2, -0.15) is 0 Å². The van der Waals surface area contributed by atoms with E-state index < -0.39 is 0 Å². The van der Waals surface area contributed by atoms with E-state index in [1.807, 2.05) is 49.4 Å². The van der Waals surface area contributed by atoms with Crippen LogP contribution in [0.15, 0.2) is 51.4 Å². The van der Waals surface area contributed by atoms with Crippen LogP contribution in [-0.2, 0) is 16.0 Å². The number of nitrogens with one attached hydrogen (secondary N) is 1. The van der Waals surface area contributed by atoms with Crippen LogP contribution in [0.2, 0.25) is 0 Å². The molecule has 2 aromatic rings. The van der Waals surface area contributed by atoms with E-state index in [0.717, 1.165) is 32.3 Å². The van der Waals surface area contributed by atoms with Gasteiger partial charge in [-0.3, -0.25) is 9.59 Å². The third-order valence-electron chi connectivity index (χ3n) is 4.34. The molecule has 1 N–H and O–H groups in total. The minimum absolute atomic E-state index is 0.0195. The highest BCUT2D eigenvalue weighted by atomic mass is 79.9. The van der Waals surface area contributed by atoms with Crippen LogP contribution in [0.25, 0.3) is 0 Å². The van der Waals surface area contributed by atoms with E-state index in [4.69, 9.17) is 0 Å². The van der Waals surface area contributed by atoms with E-state index >= 15 is 0 Å². The van der Waals surface area contributed by atoms with E-state index in [0.29, 0.717) is 6.54 Å². The maximum atomic E-state index is 12.6. The maximum absolute atomic E-state index is 12.6. The number of amides is 2. The zero-order chi connectivity index (χ0) is 18.0. The number of anilines is 2. The molecule has 0 saturated carbocycles. The van der Waals surface area contributed by atoms with Gasteiger partial charge in [0.1, 0.15) is 0 Å². The van der Waals surface area contributed by atoms with Gasteiger partial charge in [-0.15, -0.1) is 0 Å². The summed E-state index contributed by atoms with van der Waals surface area (Å²) in [6.45, 7) is 2.45. The van der Waals surface area contributed by atoms with E-state index in [1.165, 1.54) is 0 Å². The molecule has 1 saturated heterocycles. The lowest BCUT2D eigenvalue weighted by Crippen LogP contribution is -2.28. The first-order chi connectivity index (χ1) is 12.0. The van der Waals surface area contributed by atoms with Gasteiger partial charge in [0.25, 0.3) is 0 Å². The Kier molecular flexibility index (Phi) is 5.59. The second-order valence-electron chi connectivity index (χ2n) is 6.03. The molecule has 1 atom stereocenters. The van der Waals surface area contributed by atoms with Gasteiger partial charge in [-0.25, -0.2) is 0 Å². The van der Waals surface area contributed by atoms with Gasteiger partial charge in [-0.05, 0) is 54.4 Å². The number of halogens is 2. The standard InChI is InChI=1S/C19H18Br2N2O2/c1-2-12-9-15(21)5-8-17(12)22-19(25)13-10-18(24)23(11-13)16-6-3-14(20)4-7-16/h3-9,13H,2,10-11H2,1H3,(H,22,25)/t13-/m1/s1.